The molecule has 1 aromatic heterocycles. The van der Waals surface area contributed by atoms with E-state index in [-0.39, 0.29) is 23.0 Å². The van der Waals surface area contributed by atoms with Crippen molar-refractivity contribution < 1.29 is 14.0 Å². The molecular formula is C12H13ClFN3O2. The molecule has 7 heteroatoms. The van der Waals surface area contributed by atoms with Gasteiger partial charge in [0.2, 0.25) is 11.1 Å². The second kappa shape index (κ2) is 4.92. The van der Waals surface area contributed by atoms with Gasteiger partial charge in [-0.1, -0.05) is 0 Å². The Bertz CT molecular complexity index is 514. The largest absolute Gasteiger partial charge is 0.342 e. The maximum atomic E-state index is 13.3. The van der Waals surface area contributed by atoms with Gasteiger partial charge >= 0.3 is 5.97 Å². The maximum Gasteiger partial charge on any atom is 0.335 e. The molecule has 3 atom stereocenters. The fourth-order valence-corrected chi connectivity index (χ4v) is 2.80. The lowest BCUT2D eigenvalue weighted by molar-refractivity contribution is -0.146. The van der Waals surface area contributed by atoms with Gasteiger partial charge in [0.25, 0.3) is 0 Å². The SMILES string of the molecule is O=C(ONc1nc(Cl)ncc1F)C1CCC2CC2C1. The van der Waals surface area contributed by atoms with Crippen molar-refractivity contribution in [2.45, 2.75) is 25.7 Å². The van der Waals surface area contributed by atoms with Gasteiger partial charge in [0.15, 0.2) is 5.82 Å². The summed E-state index contributed by atoms with van der Waals surface area (Å²) in [5, 5.41) is -0.113. The Hall–Kier alpha value is -1.43. The summed E-state index contributed by atoms with van der Waals surface area (Å²) in [5.74, 6) is 0.0827. The van der Waals surface area contributed by atoms with E-state index in [0.29, 0.717) is 5.92 Å². The predicted octanol–water partition coefficient (Wildman–Crippen LogP) is 2.58. The van der Waals surface area contributed by atoms with Crippen LogP contribution < -0.4 is 5.48 Å². The van der Waals surface area contributed by atoms with Crippen LogP contribution >= 0.6 is 11.6 Å². The highest BCUT2D eigenvalue weighted by atomic mass is 35.5. The van der Waals surface area contributed by atoms with E-state index in [9.17, 15) is 9.18 Å². The van der Waals surface area contributed by atoms with Gasteiger partial charge < -0.3 is 4.84 Å². The fraction of sp³-hybridized carbons (Fsp3) is 0.583. The Labute approximate surface area is 114 Å². The number of halogens is 2. The van der Waals surface area contributed by atoms with Crippen LogP contribution in [0.5, 0.6) is 0 Å². The van der Waals surface area contributed by atoms with E-state index in [1.54, 1.807) is 0 Å². The summed E-state index contributed by atoms with van der Waals surface area (Å²) >= 11 is 5.54. The summed E-state index contributed by atoms with van der Waals surface area (Å²) in [6.07, 6.45) is 4.94. The maximum absolute atomic E-state index is 13.3. The molecule has 0 aliphatic heterocycles. The van der Waals surface area contributed by atoms with Crippen molar-refractivity contribution in [2.75, 3.05) is 5.48 Å². The average molecular weight is 286 g/mol. The molecule has 1 aromatic rings. The number of carbonyl (C=O) groups excluding carboxylic acids is 1. The highest BCUT2D eigenvalue weighted by Crippen LogP contribution is 2.51. The van der Waals surface area contributed by atoms with Gasteiger partial charge in [0, 0.05) is 0 Å². The Morgan fingerprint density at radius 1 is 1.42 bits per heavy atom. The van der Waals surface area contributed by atoms with Crippen molar-refractivity contribution in [3.8, 4) is 0 Å². The topological polar surface area (TPSA) is 64.1 Å². The van der Waals surface area contributed by atoms with Crippen LogP contribution in [0.3, 0.4) is 0 Å². The zero-order valence-electron chi connectivity index (χ0n) is 10.1. The third-order valence-electron chi connectivity index (χ3n) is 3.84. The minimum Gasteiger partial charge on any atom is -0.342 e. The van der Waals surface area contributed by atoms with Gasteiger partial charge in [-0.3, -0.25) is 0 Å². The highest BCUT2D eigenvalue weighted by molar-refractivity contribution is 6.28. The van der Waals surface area contributed by atoms with Gasteiger partial charge in [0.1, 0.15) is 0 Å². The average Bonchev–Trinajstić information content (AvgIpc) is 3.17. The third kappa shape index (κ3) is 2.78. The molecule has 1 N–H and O–H groups in total. The van der Waals surface area contributed by atoms with E-state index in [4.69, 9.17) is 16.4 Å². The number of hydrogen-bond donors (Lipinski definition) is 1. The van der Waals surface area contributed by atoms with Crippen LogP contribution in [0.25, 0.3) is 0 Å². The van der Waals surface area contributed by atoms with E-state index in [2.05, 4.69) is 15.4 Å². The molecule has 0 aromatic carbocycles. The number of aromatic nitrogens is 2. The molecule has 5 nitrogen and oxygen atoms in total. The van der Waals surface area contributed by atoms with E-state index in [1.807, 2.05) is 0 Å². The first kappa shape index (κ1) is 12.6. The second-order valence-corrected chi connectivity index (χ2v) is 5.46. The third-order valence-corrected chi connectivity index (χ3v) is 4.02. The molecule has 0 amide bonds. The van der Waals surface area contributed by atoms with Crippen LogP contribution in [0.2, 0.25) is 5.28 Å². The van der Waals surface area contributed by atoms with E-state index >= 15 is 0 Å². The number of nitrogens with zero attached hydrogens (tertiary/aromatic N) is 2. The van der Waals surface area contributed by atoms with E-state index in [1.165, 1.54) is 6.42 Å². The van der Waals surface area contributed by atoms with E-state index in [0.717, 1.165) is 31.4 Å². The lowest BCUT2D eigenvalue weighted by Gasteiger charge is -2.19. The molecule has 102 valence electrons. The fourth-order valence-electron chi connectivity index (χ4n) is 2.66. The summed E-state index contributed by atoms with van der Waals surface area (Å²) in [6.45, 7) is 0. The lowest BCUT2D eigenvalue weighted by atomic mass is 9.89. The predicted molar refractivity (Wildman–Crippen MR) is 65.7 cm³/mol. The first-order valence-corrected chi connectivity index (χ1v) is 6.66. The monoisotopic (exact) mass is 285 g/mol. The minimum atomic E-state index is -0.719. The minimum absolute atomic E-state index is 0.100. The zero-order valence-corrected chi connectivity index (χ0v) is 10.9. The van der Waals surface area contributed by atoms with Gasteiger partial charge in [-0.05, 0) is 49.1 Å². The van der Waals surface area contributed by atoms with Crippen molar-refractivity contribution >= 4 is 23.4 Å². The summed E-state index contributed by atoms with van der Waals surface area (Å²) < 4.78 is 13.3. The number of nitrogens with one attached hydrogen (secondary N) is 1. The molecule has 0 saturated heterocycles. The quantitative estimate of drug-likeness (QED) is 0.683. The molecule has 3 unspecified atom stereocenters. The number of hydrogen-bond acceptors (Lipinski definition) is 5. The molecule has 0 radical (unpaired) electrons. The second-order valence-electron chi connectivity index (χ2n) is 5.12. The summed E-state index contributed by atoms with van der Waals surface area (Å²) in [5.41, 5.74) is 2.22. The Kier molecular flexibility index (Phi) is 3.26. The van der Waals surface area contributed by atoms with Crippen LogP contribution in [0.15, 0.2) is 6.20 Å². The van der Waals surface area contributed by atoms with Crippen molar-refractivity contribution in [3.63, 3.8) is 0 Å². The van der Waals surface area contributed by atoms with Gasteiger partial charge in [-0.2, -0.15) is 10.5 Å². The lowest BCUT2D eigenvalue weighted by Crippen LogP contribution is -2.24. The van der Waals surface area contributed by atoms with Gasteiger partial charge in [-0.15, -0.1) is 0 Å². The Balaban J connectivity index is 1.56. The summed E-state index contributed by atoms with van der Waals surface area (Å²) in [4.78, 5) is 23.8. The van der Waals surface area contributed by atoms with Crippen molar-refractivity contribution in [3.05, 3.63) is 17.3 Å². The number of rotatable bonds is 3. The molecule has 0 bridgehead atoms. The zero-order chi connectivity index (χ0) is 13.4. The molecule has 2 aliphatic carbocycles. The first-order valence-electron chi connectivity index (χ1n) is 6.28. The molecule has 3 rings (SSSR count). The number of fused-ring (bicyclic) bond motifs is 1. The molecule has 19 heavy (non-hydrogen) atoms. The molecule has 2 saturated carbocycles. The molecule has 1 heterocycles. The number of anilines is 1. The number of carbonyl (C=O) groups is 1. The Morgan fingerprint density at radius 2 is 2.26 bits per heavy atom. The first-order chi connectivity index (χ1) is 9.13. The van der Waals surface area contributed by atoms with Gasteiger partial charge in [0.05, 0.1) is 12.1 Å². The smallest absolute Gasteiger partial charge is 0.335 e. The molecule has 0 spiro atoms. The van der Waals surface area contributed by atoms with Crippen LogP contribution in [-0.2, 0) is 9.63 Å². The van der Waals surface area contributed by atoms with Crippen LogP contribution in [0.1, 0.15) is 25.7 Å². The van der Waals surface area contributed by atoms with Crippen LogP contribution in [0, 0.1) is 23.6 Å². The van der Waals surface area contributed by atoms with Crippen LogP contribution in [0.4, 0.5) is 10.2 Å². The molecule has 2 aliphatic rings. The summed E-state index contributed by atoms with van der Waals surface area (Å²) in [7, 11) is 0. The highest BCUT2D eigenvalue weighted by Gasteiger charge is 2.44. The van der Waals surface area contributed by atoms with Crippen molar-refractivity contribution in [1.82, 2.24) is 9.97 Å². The normalized spacial score (nSPS) is 28.4. The summed E-state index contributed by atoms with van der Waals surface area (Å²) in [6, 6.07) is 0. The Morgan fingerprint density at radius 3 is 3.05 bits per heavy atom. The van der Waals surface area contributed by atoms with Crippen molar-refractivity contribution in [1.29, 1.82) is 0 Å². The van der Waals surface area contributed by atoms with Crippen molar-refractivity contribution in [2.24, 2.45) is 17.8 Å². The standard InChI is InChI=1S/C12H13ClFN3O2/c13-12-15-5-9(14)10(16-12)17-19-11(18)7-2-1-6-3-8(6)4-7/h5-8H,1-4H2,(H,15,16,17). The van der Waals surface area contributed by atoms with Gasteiger partial charge in [-0.25, -0.2) is 14.2 Å². The van der Waals surface area contributed by atoms with Crippen LogP contribution in [-0.4, -0.2) is 15.9 Å². The molecular weight excluding hydrogens is 273 g/mol. The van der Waals surface area contributed by atoms with E-state index < -0.39 is 5.82 Å². The molecule has 2 fully saturated rings.